The van der Waals surface area contributed by atoms with Crippen LogP contribution in [0.15, 0.2) is 45.6 Å². The third-order valence-corrected chi connectivity index (χ3v) is 7.93. The number of amides is 2. The first-order chi connectivity index (χ1) is 19.4. The van der Waals surface area contributed by atoms with Crippen molar-refractivity contribution >= 4 is 81.0 Å². The molecule has 0 radical (unpaired) electrons. The summed E-state index contributed by atoms with van der Waals surface area (Å²) in [5.74, 6) is -2.06. The van der Waals surface area contributed by atoms with Gasteiger partial charge in [-0.3, -0.25) is 50.0 Å². The molecule has 1 aromatic heterocycles. The number of nitrogens with one attached hydrogen (secondary N) is 2. The van der Waals surface area contributed by atoms with E-state index in [9.17, 15) is 55.3 Å². The Hall–Kier alpha value is -5.20. The monoisotopic (exact) mass is 620 g/mol. The summed E-state index contributed by atoms with van der Waals surface area (Å²) >= 11 is 2.57. The zero-order chi connectivity index (χ0) is 30.3. The van der Waals surface area contributed by atoms with Gasteiger partial charge in [-0.05, 0) is 23.7 Å². The van der Waals surface area contributed by atoms with E-state index in [0.717, 1.165) is 59.3 Å². The van der Waals surface area contributed by atoms with Crippen LogP contribution < -0.4 is 10.6 Å². The van der Waals surface area contributed by atoms with Crippen molar-refractivity contribution in [2.24, 2.45) is 0 Å². The highest BCUT2D eigenvalue weighted by atomic mass is 32.2. The molecular formula is C20H12N8O10S3. The van der Waals surface area contributed by atoms with Crippen molar-refractivity contribution in [1.82, 2.24) is 4.37 Å². The number of benzene rings is 2. The summed E-state index contributed by atoms with van der Waals surface area (Å²) in [4.78, 5) is 65.5. The van der Waals surface area contributed by atoms with Crippen LogP contribution in [0.4, 0.5) is 34.1 Å². The molecule has 21 heteroatoms. The van der Waals surface area contributed by atoms with Crippen LogP contribution in [0.2, 0.25) is 0 Å². The molecule has 0 aliphatic heterocycles. The van der Waals surface area contributed by atoms with Gasteiger partial charge in [0.1, 0.15) is 32.2 Å². The number of carbonyl (C=O) groups is 2. The molecule has 41 heavy (non-hydrogen) atoms. The van der Waals surface area contributed by atoms with Gasteiger partial charge in [-0.1, -0.05) is 11.8 Å². The summed E-state index contributed by atoms with van der Waals surface area (Å²) in [6.07, 6.45) is 0. The molecule has 2 amide bonds. The molecule has 210 valence electrons. The van der Waals surface area contributed by atoms with Crippen molar-refractivity contribution in [2.45, 2.75) is 9.24 Å². The molecule has 0 unspecified atom stereocenters. The second-order valence-electron chi connectivity index (χ2n) is 7.37. The molecule has 18 nitrogen and oxygen atoms in total. The molecule has 3 rings (SSSR count). The van der Waals surface area contributed by atoms with Crippen LogP contribution in [0.3, 0.4) is 0 Å². The Morgan fingerprint density at radius 3 is 1.68 bits per heavy atom. The van der Waals surface area contributed by atoms with Crippen LogP contribution >= 0.6 is 35.1 Å². The molecule has 0 aliphatic rings. The van der Waals surface area contributed by atoms with E-state index in [2.05, 4.69) is 15.0 Å². The van der Waals surface area contributed by atoms with E-state index in [1.807, 2.05) is 6.07 Å². The zero-order valence-corrected chi connectivity index (χ0v) is 22.3. The Labute approximate surface area is 239 Å². The fourth-order valence-corrected chi connectivity index (χ4v) is 5.67. The summed E-state index contributed by atoms with van der Waals surface area (Å²) in [5, 5.41) is 58.5. The first kappa shape index (κ1) is 30.3. The number of nitro benzene ring substituents is 4. The average molecular weight is 621 g/mol. The molecule has 0 saturated heterocycles. The number of carbonyl (C=O) groups excluding carboxylic acids is 2. The van der Waals surface area contributed by atoms with E-state index in [0.29, 0.717) is 16.3 Å². The number of rotatable bonds is 12. The lowest BCUT2D eigenvalue weighted by Gasteiger charge is -2.06. The van der Waals surface area contributed by atoms with E-state index in [1.54, 1.807) is 0 Å². The Morgan fingerprint density at radius 2 is 1.27 bits per heavy atom. The highest BCUT2D eigenvalue weighted by Crippen LogP contribution is 2.35. The minimum atomic E-state index is -0.885. The number of anilines is 2. The second-order valence-corrected chi connectivity index (χ2v) is 10.3. The lowest BCUT2D eigenvalue weighted by atomic mass is 10.2. The van der Waals surface area contributed by atoms with Gasteiger partial charge in [-0.15, -0.1) is 11.8 Å². The van der Waals surface area contributed by atoms with Gasteiger partial charge in [-0.2, -0.15) is 9.64 Å². The Bertz CT molecular complexity index is 1530. The van der Waals surface area contributed by atoms with Gasteiger partial charge in [0, 0.05) is 12.1 Å². The van der Waals surface area contributed by atoms with Crippen molar-refractivity contribution < 1.29 is 29.3 Å². The number of hydrogen-bond donors (Lipinski definition) is 2. The maximum Gasteiger partial charge on any atom is 0.299 e. The number of hydrogen-bond acceptors (Lipinski definition) is 15. The van der Waals surface area contributed by atoms with Gasteiger partial charge in [0.15, 0.2) is 0 Å². The molecule has 0 saturated carbocycles. The number of non-ortho nitro benzene ring substituents is 2. The Balaban J connectivity index is 1.62. The van der Waals surface area contributed by atoms with E-state index in [4.69, 9.17) is 0 Å². The Kier molecular flexibility index (Phi) is 9.80. The largest absolute Gasteiger partial charge is 0.320 e. The van der Waals surface area contributed by atoms with E-state index >= 15 is 0 Å². The van der Waals surface area contributed by atoms with Gasteiger partial charge in [0.25, 0.3) is 22.7 Å². The molecule has 0 atom stereocenters. The summed E-state index contributed by atoms with van der Waals surface area (Å²) < 4.78 is 4.38. The maximum absolute atomic E-state index is 12.4. The average Bonchev–Trinajstić information content (AvgIpc) is 3.32. The lowest BCUT2D eigenvalue weighted by molar-refractivity contribution is -0.393. The van der Waals surface area contributed by atoms with Crippen LogP contribution in [0.25, 0.3) is 0 Å². The second kappa shape index (κ2) is 13.2. The molecular weight excluding hydrogens is 608 g/mol. The zero-order valence-electron chi connectivity index (χ0n) is 19.9. The van der Waals surface area contributed by atoms with Crippen molar-refractivity contribution in [1.29, 1.82) is 5.26 Å². The quantitative estimate of drug-likeness (QED) is 0.164. The van der Waals surface area contributed by atoms with Gasteiger partial charge in [0.2, 0.25) is 11.8 Å². The van der Waals surface area contributed by atoms with E-state index < -0.39 is 54.3 Å². The molecule has 0 fully saturated rings. The van der Waals surface area contributed by atoms with Crippen molar-refractivity contribution in [3.05, 3.63) is 82.4 Å². The number of thioether (sulfide) groups is 2. The lowest BCUT2D eigenvalue weighted by Crippen LogP contribution is -2.15. The van der Waals surface area contributed by atoms with Crippen LogP contribution in [0.5, 0.6) is 0 Å². The van der Waals surface area contributed by atoms with Crippen LogP contribution in [0.1, 0.15) is 5.56 Å². The van der Waals surface area contributed by atoms with Crippen molar-refractivity contribution in [3.63, 3.8) is 0 Å². The maximum atomic E-state index is 12.4. The topological polar surface area (TPSA) is 267 Å². The highest BCUT2D eigenvalue weighted by Gasteiger charge is 2.23. The molecule has 2 N–H and O–H groups in total. The summed E-state index contributed by atoms with van der Waals surface area (Å²) in [7, 11) is 0. The van der Waals surface area contributed by atoms with Gasteiger partial charge in [0.05, 0.1) is 43.3 Å². The smallest absolute Gasteiger partial charge is 0.299 e. The molecule has 0 bridgehead atoms. The molecule has 3 aromatic rings. The van der Waals surface area contributed by atoms with E-state index in [-0.39, 0.29) is 33.5 Å². The summed E-state index contributed by atoms with van der Waals surface area (Å²) in [6.45, 7) is 0. The minimum absolute atomic E-state index is 0.0493. The number of nitriles is 1. The molecule has 1 heterocycles. The third kappa shape index (κ3) is 7.68. The van der Waals surface area contributed by atoms with Crippen LogP contribution in [-0.2, 0) is 9.59 Å². The van der Waals surface area contributed by atoms with Crippen molar-refractivity contribution in [3.8, 4) is 6.07 Å². The fourth-order valence-electron chi connectivity index (χ4n) is 2.97. The fraction of sp³-hybridized carbons (Fsp3) is 0.100. The molecule has 2 aromatic carbocycles. The van der Waals surface area contributed by atoms with Gasteiger partial charge < -0.3 is 10.6 Å². The van der Waals surface area contributed by atoms with Gasteiger partial charge >= 0.3 is 0 Å². The van der Waals surface area contributed by atoms with Crippen molar-refractivity contribution in [2.75, 3.05) is 22.1 Å². The minimum Gasteiger partial charge on any atom is -0.320 e. The summed E-state index contributed by atoms with van der Waals surface area (Å²) in [6, 6.07) is 7.35. The number of aromatic nitrogens is 1. The SMILES string of the molecule is N#Cc1c(SCC(=O)Nc2ccc([N+](=O)[O-])cc2[N+](=O)[O-])nsc1SCC(=O)Nc1ccc([N+](=O)[O-])cc1[N+](=O)[O-]. The predicted octanol–water partition coefficient (Wildman–Crippen LogP) is 4.11. The first-order valence-corrected chi connectivity index (χ1v) is 13.3. The predicted molar refractivity (Wildman–Crippen MR) is 145 cm³/mol. The number of nitrogens with zero attached hydrogens (tertiary/aromatic N) is 6. The summed E-state index contributed by atoms with van der Waals surface area (Å²) in [5.41, 5.74) is -2.89. The Morgan fingerprint density at radius 1 is 0.805 bits per heavy atom. The van der Waals surface area contributed by atoms with Crippen LogP contribution in [0, 0.1) is 51.8 Å². The highest BCUT2D eigenvalue weighted by molar-refractivity contribution is 8.02. The normalized spacial score (nSPS) is 10.3. The standard InChI is InChI=1S/C20H12N8O10S3/c21-7-12-19(39-8-17(29)22-13-3-1-10(25(31)32)5-15(13)27(35)36)24-41-20(12)40-9-18(30)23-14-4-2-11(26(33)34)6-16(14)28(37)38/h1-6H,8-9H2,(H,22,29)(H,23,30). The third-order valence-electron chi connectivity index (χ3n) is 4.74. The van der Waals surface area contributed by atoms with E-state index in [1.165, 1.54) is 0 Å². The van der Waals surface area contributed by atoms with Crippen LogP contribution in [-0.4, -0.2) is 47.4 Å². The first-order valence-electron chi connectivity index (χ1n) is 10.5. The number of nitro groups is 4. The molecule has 0 spiro atoms. The van der Waals surface area contributed by atoms with Gasteiger partial charge in [-0.25, -0.2) is 0 Å². The molecule has 0 aliphatic carbocycles.